The first-order chi connectivity index (χ1) is 13.4. The van der Waals surface area contributed by atoms with Crippen LogP contribution in [0.3, 0.4) is 0 Å². The fraction of sp³-hybridized carbons (Fsp3) is 0.263. The molecule has 0 saturated heterocycles. The molecule has 0 spiro atoms. The molecule has 1 heterocycles. The van der Waals surface area contributed by atoms with Crippen molar-refractivity contribution in [3.8, 4) is 11.5 Å². The number of alkyl halides is 1. The summed E-state index contributed by atoms with van der Waals surface area (Å²) in [5, 5.41) is 11.0. The Kier molecular flexibility index (Phi) is 6.04. The summed E-state index contributed by atoms with van der Waals surface area (Å²) < 4.78 is 38.4. The van der Waals surface area contributed by atoms with Crippen LogP contribution in [-0.4, -0.2) is 36.4 Å². The molecule has 1 aliphatic heterocycles. The van der Waals surface area contributed by atoms with E-state index in [0.717, 1.165) is 25.1 Å². The largest absolute Gasteiger partial charge is 0.497 e. The Morgan fingerprint density at radius 3 is 2.29 bits per heavy atom. The lowest BCUT2D eigenvalue weighted by molar-refractivity contribution is 0.281. The van der Waals surface area contributed by atoms with Gasteiger partial charge in [-0.05, 0) is 23.3 Å². The highest BCUT2D eigenvalue weighted by Crippen LogP contribution is 2.31. The molecule has 0 unspecified atom stereocenters. The van der Waals surface area contributed by atoms with E-state index in [4.69, 9.17) is 9.47 Å². The highest BCUT2D eigenvalue weighted by atomic mass is 79.9. The Hall–Kier alpha value is -2.39. The van der Waals surface area contributed by atoms with Gasteiger partial charge in [-0.1, -0.05) is 40.2 Å². The minimum atomic E-state index is -3.90. The molecule has 7 nitrogen and oxygen atoms in total. The van der Waals surface area contributed by atoms with Crippen LogP contribution in [0.1, 0.15) is 16.7 Å². The quantitative estimate of drug-likeness (QED) is 0.628. The third-order valence-electron chi connectivity index (χ3n) is 4.41. The number of ether oxygens (including phenoxy) is 2. The van der Waals surface area contributed by atoms with Crippen molar-refractivity contribution in [2.45, 2.75) is 18.4 Å². The summed E-state index contributed by atoms with van der Waals surface area (Å²) in [5.41, 5.74) is 2.52. The van der Waals surface area contributed by atoms with Gasteiger partial charge in [0.1, 0.15) is 11.5 Å². The summed E-state index contributed by atoms with van der Waals surface area (Å²) in [5.74, 6) is 0.735. The minimum absolute atomic E-state index is 0.0587. The molecule has 0 amide bonds. The second-order valence-electron chi connectivity index (χ2n) is 6.17. The lowest BCUT2D eigenvalue weighted by atomic mass is 10.1. The number of nitrogens with zero attached hydrogens (tertiary/aromatic N) is 2. The van der Waals surface area contributed by atoms with Gasteiger partial charge in [-0.15, -0.1) is 0 Å². The number of hydrogen-bond acceptors (Lipinski definition) is 5. The molecule has 0 bridgehead atoms. The second kappa shape index (κ2) is 8.32. The van der Waals surface area contributed by atoms with Gasteiger partial charge in [-0.2, -0.15) is 8.42 Å². The summed E-state index contributed by atoms with van der Waals surface area (Å²) in [6.07, 6.45) is 1.23. The van der Waals surface area contributed by atoms with Crippen molar-refractivity contribution >= 4 is 26.1 Å². The molecule has 2 aromatic carbocycles. The van der Waals surface area contributed by atoms with Crippen LogP contribution in [0.2, 0.25) is 0 Å². The first-order valence-corrected chi connectivity index (χ1v) is 11.0. The fourth-order valence-electron chi connectivity index (χ4n) is 2.85. The van der Waals surface area contributed by atoms with Crippen molar-refractivity contribution in [3.05, 3.63) is 71.2 Å². The molecule has 0 aliphatic carbocycles. The van der Waals surface area contributed by atoms with Crippen LogP contribution < -0.4 is 9.47 Å². The Labute approximate surface area is 173 Å². The van der Waals surface area contributed by atoms with E-state index in [0.29, 0.717) is 17.1 Å². The van der Waals surface area contributed by atoms with Crippen LogP contribution in [0, 0.1) is 0 Å². The first-order valence-electron chi connectivity index (χ1n) is 8.44. The van der Waals surface area contributed by atoms with E-state index in [9.17, 15) is 13.5 Å². The summed E-state index contributed by atoms with van der Waals surface area (Å²) >= 11 is 3.38. The van der Waals surface area contributed by atoms with Gasteiger partial charge in [-0.25, -0.2) is 4.31 Å². The van der Waals surface area contributed by atoms with Crippen LogP contribution in [0.15, 0.2) is 54.5 Å². The molecule has 1 aliphatic rings. The van der Waals surface area contributed by atoms with Gasteiger partial charge < -0.3 is 14.6 Å². The molecule has 28 heavy (non-hydrogen) atoms. The maximum Gasteiger partial charge on any atom is 0.329 e. The fourth-order valence-corrected chi connectivity index (χ4v) is 4.60. The summed E-state index contributed by atoms with van der Waals surface area (Å²) in [6.45, 7) is 0.0715. The molecule has 150 valence electrons. The molecular weight excluding hydrogens is 448 g/mol. The van der Waals surface area contributed by atoms with E-state index in [1.54, 1.807) is 18.2 Å². The number of halogens is 1. The number of methoxy groups -OCH3 is 2. The van der Waals surface area contributed by atoms with Crippen molar-refractivity contribution in [3.63, 3.8) is 0 Å². The monoisotopic (exact) mass is 468 g/mol. The van der Waals surface area contributed by atoms with Crippen LogP contribution in [0.25, 0.3) is 0 Å². The molecule has 0 radical (unpaired) electrons. The summed E-state index contributed by atoms with van der Waals surface area (Å²) in [7, 11) is -0.868. The SMILES string of the molecule is COc1ccc(CN2C(O)=CN(Cc3ccc(CBr)cc3)S2(=O)=O)c(OC)c1. The van der Waals surface area contributed by atoms with Gasteiger partial charge in [0.15, 0.2) is 0 Å². The van der Waals surface area contributed by atoms with E-state index in [2.05, 4.69) is 15.9 Å². The third kappa shape index (κ3) is 4.05. The van der Waals surface area contributed by atoms with E-state index in [-0.39, 0.29) is 19.0 Å². The zero-order valence-electron chi connectivity index (χ0n) is 15.5. The lowest BCUT2D eigenvalue weighted by Gasteiger charge is -2.22. The highest BCUT2D eigenvalue weighted by molar-refractivity contribution is 9.08. The Morgan fingerprint density at radius 2 is 1.68 bits per heavy atom. The molecule has 0 fully saturated rings. The van der Waals surface area contributed by atoms with Gasteiger partial charge in [0.05, 0.1) is 33.5 Å². The predicted molar refractivity (Wildman–Crippen MR) is 109 cm³/mol. The van der Waals surface area contributed by atoms with Gasteiger partial charge in [-0.3, -0.25) is 4.31 Å². The molecule has 0 saturated carbocycles. The predicted octanol–water partition coefficient (Wildman–Crippen LogP) is 3.52. The number of aliphatic hydroxyl groups excluding tert-OH is 1. The van der Waals surface area contributed by atoms with Crippen molar-refractivity contribution < 1.29 is 23.0 Å². The average molecular weight is 469 g/mol. The Morgan fingerprint density at radius 1 is 1.00 bits per heavy atom. The third-order valence-corrected chi connectivity index (χ3v) is 6.76. The van der Waals surface area contributed by atoms with Crippen molar-refractivity contribution in [1.82, 2.24) is 8.61 Å². The van der Waals surface area contributed by atoms with E-state index < -0.39 is 10.2 Å². The van der Waals surface area contributed by atoms with Gasteiger partial charge in [0.25, 0.3) is 0 Å². The van der Waals surface area contributed by atoms with Crippen molar-refractivity contribution in [2.75, 3.05) is 14.2 Å². The van der Waals surface area contributed by atoms with Crippen LogP contribution >= 0.6 is 15.9 Å². The minimum Gasteiger partial charge on any atom is -0.497 e. The average Bonchev–Trinajstić information content (AvgIpc) is 2.91. The van der Waals surface area contributed by atoms with Crippen molar-refractivity contribution in [1.29, 1.82) is 0 Å². The van der Waals surface area contributed by atoms with Crippen LogP contribution in [-0.2, 0) is 28.6 Å². The maximum atomic E-state index is 12.9. The maximum absolute atomic E-state index is 12.9. The molecule has 9 heteroatoms. The van der Waals surface area contributed by atoms with Crippen molar-refractivity contribution in [2.24, 2.45) is 0 Å². The number of aliphatic hydroxyl groups is 1. The normalized spacial score (nSPS) is 15.5. The molecule has 3 rings (SSSR count). The first kappa shape index (κ1) is 20.3. The topological polar surface area (TPSA) is 79.3 Å². The smallest absolute Gasteiger partial charge is 0.329 e. The van der Waals surface area contributed by atoms with Gasteiger partial charge in [0, 0.05) is 17.0 Å². The van der Waals surface area contributed by atoms with Gasteiger partial charge in [0.2, 0.25) is 5.88 Å². The summed E-state index contributed by atoms with van der Waals surface area (Å²) in [6, 6.07) is 12.7. The zero-order chi connectivity index (χ0) is 20.3. The second-order valence-corrected chi connectivity index (χ2v) is 8.54. The molecule has 0 aromatic heterocycles. The molecule has 0 atom stereocenters. The number of rotatable bonds is 7. The molecule has 1 N–H and O–H groups in total. The number of hydrogen-bond donors (Lipinski definition) is 1. The Balaban J connectivity index is 1.81. The van der Waals surface area contributed by atoms with E-state index in [1.165, 1.54) is 20.4 Å². The van der Waals surface area contributed by atoms with Gasteiger partial charge >= 0.3 is 10.2 Å². The van der Waals surface area contributed by atoms with E-state index >= 15 is 0 Å². The zero-order valence-corrected chi connectivity index (χ0v) is 17.9. The summed E-state index contributed by atoms with van der Waals surface area (Å²) in [4.78, 5) is 0. The molecular formula is C19H21BrN2O5S. The van der Waals surface area contributed by atoms with Crippen LogP contribution in [0.5, 0.6) is 11.5 Å². The number of benzene rings is 2. The lowest BCUT2D eigenvalue weighted by Crippen LogP contribution is -2.33. The standard InChI is InChI=1S/C19H21BrN2O5S/c1-26-17-8-7-16(18(9-17)27-2)12-22-19(23)13-21(28(22,24)25)11-15-5-3-14(10-20)4-6-15/h3-9,13,23H,10-12H2,1-2H3. The highest BCUT2D eigenvalue weighted by Gasteiger charge is 2.37. The Bertz CT molecular complexity index is 976. The molecule has 2 aromatic rings. The van der Waals surface area contributed by atoms with E-state index in [1.807, 2.05) is 24.3 Å². The van der Waals surface area contributed by atoms with Crippen LogP contribution in [0.4, 0.5) is 0 Å².